The molecule has 0 aromatic heterocycles. The SMILES string of the molecule is Cc1ccc(NC(=O)CN(C)S(=O)(=O)c2ccc3c(c2)C(C)(C)C(=O)N3C)c(C)c1. The Morgan fingerprint density at radius 1 is 1.13 bits per heavy atom. The van der Waals surface area contributed by atoms with Crippen LogP contribution in [0.1, 0.15) is 30.5 Å². The van der Waals surface area contributed by atoms with Gasteiger partial charge >= 0.3 is 0 Å². The summed E-state index contributed by atoms with van der Waals surface area (Å²) in [5.41, 5.74) is 3.17. The number of hydrogen-bond donors (Lipinski definition) is 1. The maximum Gasteiger partial charge on any atom is 0.243 e. The lowest BCUT2D eigenvalue weighted by molar-refractivity contribution is -0.121. The standard InChI is InChI=1S/C22H27N3O4S/c1-14-7-9-18(15(2)11-14)23-20(26)13-24(5)30(28,29)16-8-10-19-17(12-16)22(3,4)21(27)25(19)6/h7-12H,13H2,1-6H3,(H,23,26). The number of amides is 2. The average Bonchev–Trinajstić information content (AvgIpc) is 2.84. The lowest BCUT2D eigenvalue weighted by Crippen LogP contribution is -2.35. The van der Waals surface area contributed by atoms with E-state index < -0.39 is 21.3 Å². The number of carbonyl (C=O) groups excluding carboxylic acids is 2. The van der Waals surface area contributed by atoms with Crippen molar-refractivity contribution in [1.82, 2.24) is 4.31 Å². The smallest absolute Gasteiger partial charge is 0.243 e. The molecule has 0 unspecified atom stereocenters. The van der Waals surface area contributed by atoms with Gasteiger partial charge < -0.3 is 10.2 Å². The van der Waals surface area contributed by atoms with Gasteiger partial charge in [-0.2, -0.15) is 4.31 Å². The first-order chi connectivity index (χ1) is 13.9. The molecule has 1 N–H and O–H groups in total. The van der Waals surface area contributed by atoms with Crippen LogP contribution in [0, 0.1) is 13.8 Å². The molecule has 0 atom stereocenters. The van der Waals surface area contributed by atoms with Crippen LogP contribution in [0.5, 0.6) is 0 Å². The Morgan fingerprint density at radius 2 is 1.80 bits per heavy atom. The molecular formula is C22H27N3O4S. The number of fused-ring (bicyclic) bond motifs is 1. The molecule has 1 aliphatic rings. The Bertz CT molecular complexity index is 1140. The zero-order valence-corrected chi connectivity index (χ0v) is 18.9. The summed E-state index contributed by atoms with van der Waals surface area (Å²) < 4.78 is 27.1. The molecule has 2 amide bonds. The molecule has 0 fully saturated rings. The number of anilines is 2. The van der Waals surface area contributed by atoms with Crippen molar-refractivity contribution in [2.75, 3.05) is 30.9 Å². The number of nitrogens with zero attached hydrogens (tertiary/aromatic N) is 2. The van der Waals surface area contributed by atoms with Gasteiger partial charge in [-0.15, -0.1) is 0 Å². The highest BCUT2D eigenvalue weighted by atomic mass is 32.2. The van der Waals surface area contributed by atoms with Gasteiger partial charge in [0, 0.05) is 25.5 Å². The summed E-state index contributed by atoms with van der Waals surface area (Å²) >= 11 is 0. The van der Waals surface area contributed by atoms with Gasteiger partial charge in [-0.3, -0.25) is 9.59 Å². The molecule has 0 radical (unpaired) electrons. The second-order valence-electron chi connectivity index (χ2n) is 8.30. The first-order valence-corrected chi connectivity index (χ1v) is 11.1. The van der Waals surface area contributed by atoms with E-state index in [9.17, 15) is 18.0 Å². The second-order valence-corrected chi connectivity index (χ2v) is 10.3. The van der Waals surface area contributed by atoms with E-state index in [0.717, 1.165) is 15.4 Å². The molecule has 0 aliphatic carbocycles. The number of nitrogens with one attached hydrogen (secondary N) is 1. The Balaban J connectivity index is 1.81. The number of carbonyl (C=O) groups is 2. The zero-order valence-electron chi connectivity index (χ0n) is 18.1. The topological polar surface area (TPSA) is 86.8 Å². The minimum Gasteiger partial charge on any atom is -0.325 e. The molecule has 0 saturated heterocycles. The summed E-state index contributed by atoms with van der Waals surface area (Å²) in [7, 11) is -0.865. The van der Waals surface area contributed by atoms with E-state index >= 15 is 0 Å². The molecule has 160 valence electrons. The maximum absolute atomic E-state index is 13.1. The third kappa shape index (κ3) is 3.73. The van der Waals surface area contributed by atoms with Crippen LogP contribution in [0.15, 0.2) is 41.3 Å². The fourth-order valence-corrected chi connectivity index (χ4v) is 4.88. The minimum atomic E-state index is -3.91. The van der Waals surface area contributed by atoms with Gasteiger partial charge in [-0.25, -0.2) is 8.42 Å². The summed E-state index contributed by atoms with van der Waals surface area (Å²) in [5, 5.41) is 2.76. The molecule has 0 bridgehead atoms. The van der Waals surface area contributed by atoms with Crippen molar-refractivity contribution in [3.8, 4) is 0 Å². The van der Waals surface area contributed by atoms with Crippen LogP contribution in [0.4, 0.5) is 11.4 Å². The molecule has 7 nitrogen and oxygen atoms in total. The van der Waals surface area contributed by atoms with Gasteiger partial charge in [0.2, 0.25) is 21.8 Å². The normalized spacial score (nSPS) is 15.4. The van der Waals surface area contributed by atoms with Crippen molar-refractivity contribution in [2.45, 2.75) is 38.0 Å². The lowest BCUT2D eigenvalue weighted by Gasteiger charge is -2.19. The monoisotopic (exact) mass is 429 g/mol. The fourth-order valence-electron chi connectivity index (χ4n) is 3.72. The quantitative estimate of drug-likeness (QED) is 0.792. The van der Waals surface area contributed by atoms with E-state index in [1.807, 2.05) is 26.0 Å². The van der Waals surface area contributed by atoms with Crippen molar-refractivity contribution in [3.63, 3.8) is 0 Å². The van der Waals surface area contributed by atoms with Crippen LogP contribution in [-0.4, -0.2) is 45.2 Å². The van der Waals surface area contributed by atoms with Gasteiger partial charge in [0.25, 0.3) is 0 Å². The largest absolute Gasteiger partial charge is 0.325 e. The summed E-state index contributed by atoms with van der Waals surface area (Å²) in [6.45, 7) is 7.06. The van der Waals surface area contributed by atoms with Crippen LogP contribution < -0.4 is 10.2 Å². The van der Waals surface area contributed by atoms with Gasteiger partial charge in [-0.1, -0.05) is 17.7 Å². The highest BCUT2D eigenvalue weighted by Gasteiger charge is 2.43. The van der Waals surface area contributed by atoms with Crippen LogP contribution in [-0.2, 0) is 25.0 Å². The molecule has 1 heterocycles. The number of benzene rings is 2. The van der Waals surface area contributed by atoms with Crippen molar-refractivity contribution >= 4 is 33.2 Å². The highest BCUT2D eigenvalue weighted by Crippen LogP contribution is 2.41. The predicted molar refractivity (Wildman–Crippen MR) is 117 cm³/mol. The van der Waals surface area contributed by atoms with Crippen LogP contribution >= 0.6 is 0 Å². The van der Waals surface area contributed by atoms with Crippen molar-refractivity contribution in [3.05, 3.63) is 53.1 Å². The van der Waals surface area contributed by atoms with Gasteiger partial charge in [-0.05, 0) is 63.1 Å². The fraction of sp³-hybridized carbons (Fsp3) is 0.364. The van der Waals surface area contributed by atoms with Gasteiger partial charge in [0.05, 0.1) is 16.9 Å². The Kier molecular flexibility index (Phi) is 5.51. The van der Waals surface area contributed by atoms with Crippen molar-refractivity contribution in [1.29, 1.82) is 0 Å². The maximum atomic E-state index is 13.1. The first-order valence-electron chi connectivity index (χ1n) is 9.62. The molecule has 0 saturated carbocycles. The molecule has 2 aromatic carbocycles. The number of hydrogen-bond acceptors (Lipinski definition) is 4. The Labute approximate surface area is 177 Å². The Morgan fingerprint density at radius 3 is 2.43 bits per heavy atom. The second kappa shape index (κ2) is 7.52. The van der Waals surface area contributed by atoms with E-state index in [2.05, 4.69) is 5.32 Å². The average molecular weight is 430 g/mol. The van der Waals surface area contributed by atoms with E-state index in [4.69, 9.17) is 0 Å². The first kappa shape index (κ1) is 22.0. The third-order valence-electron chi connectivity index (χ3n) is 5.57. The van der Waals surface area contributed by atoms with Crippen LogP contribution in [0.3, 0.4) is 0 Å². The molecular weight excluding hydrogens is 402 g/mol. The summed E-state index contributed by atoms with van der Waals surface area (Å²) in [6.07, 6.45) is 0. The van der Waals surface area contributed by atoms with Crippen LogP contribution in [0.25, 0.3) is 0 Å². The molecule has 3 rings (SSSR count). The van der Waals surface area contributed by atoms with Gasteiger partial charge in [0.15, 0.2) is 0 Å². The number of rotatable bonds is 5. The van der Waals surface area contributed by atoms with Crippen LogP contribution in [0.2, 0.25) is 0 Å². The lowest BCUT2D eigenvalue weighted by atomic mass is 9.86. The summed E-state index contributed by atoms with van der Waals surface area (Å²) in [4.78, 5) is 26.5. The number of sulfonamides is 1. The number of likely N-dealkylation sites (N-methyl/N-ethyl adjacent to an activating group) is 2. The highest BCUT2D eigenvalue weighted by molar-refractivity contribution is 7.89. The molecule has 8 heteroatoms. The molecule has 30 heavy (non-hydrogen) atoms. The predicted octanol–water partition coefficient (Wildman–Crippen LogP) is 2.82. The van der Waals surface area contributed by atoms with E-state index in [1.54, 1.807) is 33.0 Å². The molecule has 1 aliphatic heterocycles. The van der Waals surface area contributed by atoms with E-state index in [0.29, 0.717) is 16.9 Å². The van der Waals surface area contributed by atoms with Crippen molar-refractivity contribution in [2.24, 2.45) is 0 Å². The van der Waals surface area contributed by atoms with E-state index in [-0.39, 0.29) is 17.3 Å². The third-order valence-corrected chi connectivity index (χ3v) is 7.37. The zero-order chi connectivity index (χ0) is 22.4. The summed E-state index contributed by atoms with van der Waals surface area (Å²) in [5.74, 6) is -0.516. The Hall–Kier alpha value is -2.71. The minimum absolute atomic E-state index is 0.0549. The van der Waals surface area contributed by atoms with E-state index in [1.165, 1.54) is 24.1 Å². The van der Waals surface area contributed by atoms with Crippen molar-refractivity contribution < 1.29 is 18.0 Å². The molecule has 2 aromatic rings. The summed E-state index contributed by atoms with van der Waals surface area (Å²) in [6, 6.07) is 10.3. The van der Waals surface area contributed by atoms with Gasteiger partial charge in [0.1, 0.15) is 0 Å². The number of aryl methyl sites for hydroxylation is 2. The molecule has 0 spiro atoms.